The summed E-state index contributed by atoms with van der Waals surface area (Å²) in [4.78, 5) is 24.2. The van der Waals surface area contributed by atoms with Crippen LogP contribution in [0.25, 0.3) is 0 Å². The third-order valence-corrected chi connectivity index (χ3v) is 4.33. The summed E-state index contributed by atoms with van der Waals surface area (Å²) < 4.78 is 10.6. The fourth-order valence-corrected chi connectivity index (χ4v) is 2.98. The maximum Gasteiger partial charge on any atom is 0.308 e. The quantitative estimate of drug-likeness (QED) is 0.785. The minimum absolute atomic E-state index is 0.110. The Labute approximate surface area is 146 Å². The third-order valence-electron chi connectivity index (χ3n) is 4.33. The fourth-order valence-electron chi connectivity index (χ4n) is 2.98. The van der Waals surface area contributed by atoms with Gasteiger partial charge < -0.3 is 20.2 Å². The Morgan fingerprint density at radius 2 is 2.08 bits per heavy atom. The molecule has 3 N–H and O–H groups in total. The summed E-state index contributed by atoms with van der Waals surface area (Å²) in [5, 5.41) is 2.91. The molecular formula is C19H22N2O4. The average Bonchev–Trinajstić information content (AvgIpc) is 3.10. The van der Waals surface area contributed by atoms with Gasteiger partial charge in [-0.1, -0.05) is 30.3 Å². The zero-order chi connectivity index (χ0) is 17.6. The van der Waals surface area contributed by atoms with Crippen LogP contribution in [-0.4, -0.2) is 17.9 Å². The summed E-state index contributed by atoms with van der Waals surface area (Å²) in [6.45, 7) is 0.176. The van der Waals surface area contributed by atoms with Crippen LogP contribution >= 0.6 is 0 Å². The number of nitrogens with one attached hydrogen (secondary N) is 1. The number of aryl methyl sites for hydroxylation is 1. The number of esters is 1. The molecule has 25 heavy (non-hydrogen) atoms. The predicted molar refractivity (Wildman–Crippen MR) is 91.4 cm³/mol. The number of hydrogen-bond donors (Lipinski definition) is 2. The highest BCUT2D eigenvalue weighted by molar-refractivity contribution is 5.86. The number of fused-ring (bicyclic) bond motifs is 1. The normalized spacial score (nSPS) is 17.4. The lowest BCUT2D eigenvalue weighted by Gasteiger charge is -2.24. The van der Waals surface area contributed by atoms with Gasteiger partial charge in [-0.3, -0.25) is 9.59 Å². The second kappa shape index (κ2) is 7.98. The fraction of sp³-hybridized carbons (Fsp3) is 0.368. The molecule has 0 aliphatic heterocycles. The molecule has 132 valence electrons. The molecule has 0 fully saturated rings. The number of benzene rings is 1. The second-order valence-corrected chi connectivity index (χ2v) is 6.21. The summed E-state index contributed by atoms with van der Waals surface area (Å²) in [5.41, 5.74) is 7.75. The van der Waals surface area contributed by atoms with Crippen LogP contribution < -0.4 is 11.1 Å². The first-order valence-corrected chi connectivity index (χ1v) is 8.45. The molecule has 1 unspecified atom stereocenters. The summed E-state index contributed by atoms with van der Waals surface area (Å²) in [6, 6.07) is 10.2. The molecule has 0 radical (unpaired) electrons. The lowest BCUT2D eigenvalue weighted by molar-refractivity contribution is -0.146. The summed E-state index contributed by atoms with van der Waals surface area (Å²) in [7, 11) is 0. The van der Waals surface area contributed by atoms with Crippen molar-refractivity contribution in [2.75, 3.05) is 0 Å². The van der Waals surface area contributed by atoms with Crippen molar-refractivity contribution < 1.29 is 18.7 Å². The molecule has 1 aliphatic carbocycles. The van der Waals surface area contributed by atoms with Crippen LogP contribution in [0.3, 0.4) is 0 Å². The number of amides is 1. The van der Waals surface area contributed by atoms with Crippen LogP contribution in [0, 0.1) is 0 Å². The molecule has 6 heteroatoms. The molecule has 2 atom stereocenters. The Bertz CT molecular complexity index is 726. The maximum atomic E-state index is 12.3. The molecule has 2 aromatic rings. The van der Waals surface area contributed by atoms with E-state index in [1.165, 1.54) is 0 Å². The topological polar surface area (TPSA) is 94.6 Å². The lowest BCUT2D eigenvalue weighted by Crippen LogP contribution is -2.44. The highest BCUT2D eigenvalue weighted by Gasteiger charge is 2.27. The van der Waals surface area contributed by atoms with E-state index in [1.54, 1.807) is 6.26 Å². The van der Waals surface area contributed by atoms with Gasteiger partial charge in [0.15, 0.2) is 0 Å². The van der Waals surface area contributed by atoms with E-state index < -0.39 is 12.0 Å². The van der Waals surface area contributed by atoms with E-state index in [9.17, 15) is 9.59 Å². The van der Waals surface area contributed by atoms with Crippen LogP contribution in [0.4, 0.5) is 0 Å². The van der Waals surface area contributed by atoms with Gasteiger partial charge in [-0.05, 0) is 24.5 Å². The van der Waals surface area contributed by atoms with E-state index in [0.29, 0.717) is 0 Å². The van der Waals surface area contributed by atoms with Crippen molar-refractivity contribution >= 4 is 11.9 Å². The van der Waals surface area contributed by atoms with Gasteiger partial charge in [0, 0.05) is 12.0 Å². The Hall–Kier alpha value is -2.60. The van der Waals surface area contributed by atoms with Crippen molar-refractivity contribution in [3.05, 3.63) is 59.5 Å². The van der Waals surface area contributed by atoms with Gasteiger partial charge in [-0.25, -0.2) is 0 Å². The molecule has 0 bridgehead atoms. The summed E-state index contributed by atoms with van der Waals surface area (Å²) >= 11 is 0. The largest absolute Gasteiger partial charge is 0.469 e. The SMILES string of the molecule is N[C@@H](CC(=O)OCc1ccccc1)C(=O)NC1CCCc2occc21. The molecule has 0 spiro atoms. The van der Waals surface area contributed by atoms with Crippen LogP contribution in [0.2, 0.25) is 0 Å². The van der Waals surface area contributed by atoms with E-state index in [-0.39, 0.29) is 25.0 Å². The highest BCUT2D eigenvalue weighted by Crippen LogP contribution is 2.30. The van der Waals surface area contributed by atoms with Gasteiger partial charge in [-0.15, -0.1) is 0 Å². The van der Waals surface area contributed by atoms with Crippen LogP contribution in [0.5, 0.6) is 0 Å². The Morgan fingerprint density at radius 1 is 1.28 bits per heavy atom. The van der Waals surface area contributed by atoms with Gasteiger partial charge in [0.2, 0.25) is 5.91 Å². The zero-order valence-electron chi connectivity index (χ0n) is 13.9. The lowest BCUT2D eigenvalue weighted by atomic mass is 9.93. The maximum absolute atomic E-state index is 12.3. The molecule has 3 rings (SSSR count). The molecule has 1 amide bonds. The number of hydrogen-bond acceptors (Lipinski definition) is 5. The number of rotatable bonds is 6. The minimum atomic E-state index is -0.930. The van der Waals surface area contributed by atoms with Crippen molar-refractivity contribution in [3.8, 4) is 0 Å². The van der Waals surface area contributed by atoms with Crippen LogP contribution in [-0.2, 0) is 27.4 Å². The summed E-state index contributed by atoms with van der Waals surface area (Å²) in [5.74, 6) is 0.0715. The predicted octanol–water partition coefficient (Wildman–Crippen LogP) is 2.23. The zero-order valence-corrected chi connectivity index (χ0v) is 13.9. The molecular weight excluding hydrogens is 320 g/mol. The highest BCUT2D eigenvalue weighted by atomic mass is 16.5. The van der Waals surface area contributed by atoms with Crippen molar-refractivity contribution in [2.45, 2.75) is 44.4 Å². The minimum Gasteiger partial charge on any atom is -0.469 e. The van der Waals surface area contributed by atoms with Crippen LogP contribution in [0.1, 0.15) is 42.2 Å². The number of carbonyl (C=O) groups excluding carboxylic acids is 2. The Kier molecular flexibility index (Phi) is 5.50. The first-order chi connectivity index (χ1) is 12.1. The smallest absolute Gasteiger partial charge is 0.308 e. The molecule has 1 heterocycles. The van der Waals surface area contributed by atoms with E-state index in [1.807, 2.05) is 36.4 Å². The average molecular weight is 342 g/mol. The number of nitrogens with two attached hydrogens (primary N) is 1. The van der Waals surface area contributed by atoms with E-state index in [4.69, 9.17) is 14.9 Å². The molecule has 0 saturated carbocycles. The molecule has 1 aromatic carbocycles. The van der Waals surface area contributed by atoms with Crippen LogP contribution in [0.15, 0.2) is 47.1 Å². The van der Waals surface area contributed by atoms with E-state index in [0.717, 1.165) is 36.1 Å². The standard InChI is InChI=1S/C19H22N2O4/c20-15(11-18(22)25-12-13-5-2-1-3-6-13)19(23)21-16-7-4-8-17-14(16)9-10-24-17/h1-3,5-6,9-10,15-16H,4,7-8,11-12,20H2,(H,21,23)/t15-,16?/m0/s1. The van der Waals surface area contributed by atoms with Gasteiger partial charge in [0.05, 0.1) is 24.8 Å². The van der Waals surface area contributed by atoms with Crippen molar-refractivity contribution in [1.82, 2.24) is 5.32 Å². The van der Waals surface area contributed by atoms with Gasteiger partial charge in [-0.2, -0.15) is 0 Å². The molecule has 6 nitrogen and oxygen atoms in total. The Morgan fingerprint density at radius 3 is 2.88 bits per heavy atom. The van der Waals surface area contributed by atoms with Crippen molar-refractivity contribution in [2.24, 2.45) is 5.73 Å². The molecule has 0 saturated heterocycles. The van der Waals surface area contributed by atoms with Gasteiger partial charge >= 0.3 is 5.97 Å². The van der Waals surface area contributed by atoms with Gasteiger partial charge in [0.25, 0.3) is 0 Å². The number of carbonyl (C=O) groups is 2. The summed E-state index contributed by atoms with van der Waals surface area (Å²) in [6.07, 6.45) is 4.15. The first kappa shape index (κ1) is 17.2. The van der Waals surface area contributed by atoms with E-state index in [2.05, 4.69) is 5.32 Å². The molecule has 1 aliphatic rings. The molecule has 1 aromatic heterocycles. The third kappa shape index (κ3) is 4.48. The second-order valence-electron chi connectivity index (χ2n) is 6.21. The first-order valence-electron chi connectivity index (χ1n) is 8.45. The van der Waals surface area contributed by atoms with Crippen molar-refractivity contribution in [3.63, 3.8) is 0 Å². The van der Waals surface area contributed by atoms with E-state index >= 15 is 0 Å². The Balaban J connectivity index is 1.47. The number of furan rings is 1. The number of ether oxygens (including phenoxy) is 1. The monoisotopic (exact) mass is 342 g/mol. The van der Waals surface area contributed by atoms with Gasteiger partial charge in [0.1, 0.15) is 12.4 Å². The van der Waals surface area contributed by atoms with Crippen molar-refractivity contribution in [1.29, 1.82) is 0 Å².